The standard InChI is InChI=1S/C24H20FN5O5S/c1-12(24(32)33)36(34,35)30-19-4-2-3-16(20(19)25)21(31)18-11-29-23-17(18)7-14(8-28-23)15-9-26-22(27-10-15)13-5-6-13/h2-4,7-13,30H,5-6H2,1H3,(H,28,29)(H,32,33). The Bertz CT molecular complexity index is 1610. The number of benzene rings is 1. The van der Waals surface area contributed by atoms with E-state index in [0.717, 1.165) is 31.7 Å². The number of carboxylic acid groups (broad SMARTS) is 1. The maximum absolute atomic E-state index is 15.2. The van der Waals surface area contributed by atoms with Crippen molar-refractivity contribution < 1.29 is 27.5 Å². The third kappa shape index (κ3) is 4.31. The average Bonchev–Trinajstić information content (AvgIpc) is 3.63. The SMILES string of the molecule is CC(C(=O)O)S(=O)(=O)Nc1cccc(C(=O)c2c[nH]c3ncc(-c4cnc(C5CC5)nc4)cc23)c1F. The van der Waals surface area contributed by atoms with Crippen LogP contribution in [0, 0.1) is 5.82 Å². The highest BCUT2D eigenvalue weighted by molar-refractivity contribution is 7.94. The molecule has 3 aromatic heterocycles. The van der Waals surface area contributed by atoms with E-state index in [1.807, 2.05) is 4.72 Å². The van der Waals surface area contributed by atoms with E-state index in [9.17, 15) is 18.0 Å². The summed E-state index contributed by atoms with van der Waals surface area (Å²) in [5.74, 6) is -2.20. The van der Waals surface area contributed by atoms with Crippen LogP contribution in [0.4, 0.5) is 10.1 Å². The highest BCUT2D eigenvalue weighted by Crippen LogP contribution is 2.38. The quantitative estimate of drug-likeness (QED) is 0.305. The minimum atomic E-state index is -4.44. The molecule has 0 spiro atoms. The minimum Gasteiger partial charge on any atom is -0.480 e. The van der Waals surface area contributed by atoms with Gasteiger partial charge in [0.1, 0.15) is 11.5 Å². The van der Waals surface area contributed by atoms with Crippen molar-refractivity contribution in [1.82, 2.24) is 19.9 Å². The number of hydrogen-bond donors (Lipinski definition) is 3. The van der Waals surface area contributed by atoms with Gasteiger partial charge in [0.2, 0.25) is 10.0 Å². The van der Waals surface area contributed by atoms with Crippen LogP contribution in [0.25, 0.3) is 22.2 Å². The molecule has 0 amide bonds. The van der Waals surface area contributed by atoms with Gasteiger partial charge in [-0.05, 0) is 38.0 Å². The molecule has 0 saturated heterocycles. The number of ketones is 1. The number of sulfonamides is 1. The van der Waals surface area contributed by atoms with E-state index in [-0.39, 0.29) is 11.1 Å². The van der Waals surface area contributed by atoms with Gasteiger partial charge in [0.25, 0.3) is 0 Å². The fraction of sp³-hybridized carbons (Fsp3) is 0.208. The maximum atomic E-state index is 15.2. The van der Waals surface area contributed by atoms with Crippen molar-refractivity contribution in [2.75, 3.05) is 4.72 Å². The van der Waals surface area contributed by atoms with E-state index in [0.29, 0.717) is 28.1 Å². The summed E-state index contributed by atoms with van der Waals surface area (Å²) in [4.78, 5) is 40.4. The summed E-state index contributed by atoms with van der Waals surface area (Å²) >= 11 is 0. The fourth-order valence-corrected chi connectivity index (χ4v) is 4.60. The molecule has 10 nitrogen and oxygen atoms in total. The Hall–Kier alpha value is -4.19. The van der Waals surface area contributed by atoms with E-state index in [1.165, 1.54) is 18.3 Å². The number of nitrogens with one attached hydrogen (secondary N) is 2. The molecular formula is C24H20FN5O5S. The van der Waals surface area contributed by atoms with Crippen molar-refractivity contribution in [3.8, 4) is 11.1 Å². The Morgan fingerprint density at radius 2 is 1.81 bits per heavy atom. The monoisotopic (exact) mass is 509 g/mol. The number of carbonyl (C=O) groups is 2. The second-order valence-electron chi connectivity index (χ2n) is 8.55. The predicted octanol–water partition coefficient (Wildman–Crippen LogP) is 3.48. The van der Waals surface area contributed by atoms with Gasteiger partial charge in [0.15, 0.2) is 16.9 Å². The first-order valence-electron chi connectivity index (χ1n) is 11.0. The van der Waals surface area contributed by atoms with Crippen molar-refractivity contribution in [3.63, 3.8) is 0 Å². The first-order chi connectivity index (χ1) is 17.2. The molecule has 3 N–H and O–H groups in total. The molecule has 36 heavy (non-hydrogen) atoms. The van der Waals surface area contributed by atoms with E-state index in [2.05, 4.69) is 19.9 Å². The number of carboxylic acids is 1. The van der Waals surface area contributed by atoms with Crippen molar-refractivity contribution in [2.24, 2.45) is 0 Å². The summed E-state index contributed by atoms with van der Waals surface area (Å²) in [6.45, 7) is 0.957. The number of rotatable bonds is 8. The van der Waals surface area contributed by atoms with Crippen LogP contribution in [-0.4, -0.2) is 50.5 Å². The molecule has 1 aliphatic carbocycles. The lowest BCUT2D eigenvalue weighted by Crippen LogP contribution is -2.32. The Kier molecular flexibility index (Phi) is 5.75. The van der Waals surface area contributed by atoms with Gasteiger partial charge in [0, 0.05) is 52.8 Å². The summed E-state index contributed by atoms with van der Waals surface area (Å²) < 4.78 is 41.6. The Morgan fingerprint density at radius 3 is 2.47 bits per heavy atom. The topological polar surface area (TPSA) is 155 Å². The van der Waals surface area contributed by atoms with Gasteiger partial charge < -0.3 is 10.1 Å². The third-order valence-corrected chi connectivity index (χ3v) is 7.67. The molecular weight excluding hydrogens is 489 g/mol. The molecule has 1 saturated carbocycles. The second-order valence-corrected chi connectivity index (χ2v) is 10.6. The number of nitrogens with zero attached hydrogens (tertiary/aromatic N) is 3. The summed E-state index contributed by atoms with van der Waals surface area (Å²) in [7, 11) is -4.44. The van der Waals surface area contributed by atoms with Crippen molar-refractivity contribution in [3.05, 3.63) is 71.8 Å². The number of halogens is 1. The lowest BCUT2D eigenvalue weighted by Gasteiger charge is -2.13. The molecule has 184 valence electrons. The van der Waals surface area contributed by atoms with Gasteiger partial charge in [-0.2, -0.15) is 0 Å². The predicted molar refractivity (Wildman–Crippen MR) is 129 cm³/mol. The summed E-state index contributed by atoms with van der Waals surface area (Å²) in [6, 6.07) is 5.35. The normalized spacial score (nSPS) is 14.5. The molecule has 4 aromatic rings. The van der Waals surface area contributed by atoms with Crippen LogP contribution < -0.4 is 4.72 Å². The van der Waals surface area contributed by atoms with Gasteiger partial charge in [-0.3, -0.25) is 14.3 Å². The first-order valence-corrected chi connectivity index (χ1v) is 12.6. The Morgan fingerprint density at radius 1 is 1.11 bits per heavy atom. The molecule has 0 bridgehead atoms. The minimum absolute atomic E-state index is 0.132. The number of aromatic nitrogens is 4. The van der Waals surface area contributed by atoms with Gasteiger partial charge in [-0.15, -0.1) is 0 Å². The van der Waals surface area contributed by atoms with Crippen LogP contribution >= 0.6 is 0 Å². The van der Waals surface area contributed by atoms with E-state index in [4.69, 9.17) is 5.11 Å². The van der Waals surface area contributed by atoms with Gasteiger partial charge in [-0.25, -0.2) is 27.8 Å². The molecule has 0 radical (unpaired) electrons. The van der Waals surface area contributed by atoms with Gasteiger partial charge in [0.05, 0.1) is 11.3 Å². The summed E-state index contributed by atoms with van der Waals surface area (Å²) in [5.41, 5.74) is 1.01. The van der Waals surface area contributed by atoms with Crippen LogP contribution in [-0.2, 0) is 14.8 Å². The number of anilines is 1. The highest BCUT2D eigenvalue weighted by Gasteiger charge is 2.30. The fourth-order valence-electron chi connectivity index (χ4n) is 3.69. The number of aliphatic carboxylic acids is 1. The second kappa shape index (κ2) is 8.79. The van der Waals surface area contributed by atoms with E-state index in [1.54, 1.807) is 24.7 Å². The number of H-pyrrole nitrogens is 1. The molecule has 0 aliphatic heterocycles. The van der Waals surface area contributed by atoms with Crippen LogP contribution in [0.2, 0.25) is 0 Å². The van der Waals surface area contributed by atoms with Crippen LogP contribution in [0.1, 0.15) is 47.4 Å². The molecule has 1 aliphatic rings. The average molecular weight is 510 g/mol. The zero-order valence-corrected chi connectivity index (χ0v) is 19.7. The molecule has 1 aromatic carbocycles. The maximum Gasteiger partial charge on any atom is 0.323 e. The summed E-state index contributed by atoms with van der Waals surface area (Å²) in [5, 5.41) is 7.61. The van der Waals surface area contributed by atoms with Gasteiger partial charge >= 0.3 is 5.97 Å². The van der Waals surface area contributed by atoms with Crippen molar-refractivity contribution in [2.45, 2.75) is 30.9 Å². The first kappa shape index (κ1) is 23.5. The third-order valence-electron chi connectivity index (χ3n) is 6.03. The number of fused-ring (bicyclic) bond motifs is 1. The number of aromatic amines is 1. The molecule has 1 fully saturated rings. The van der Waals surface area contributed by atoms with Crippen LogP contribution in [0.15, 0.2) is 49.1 Å². The molecule has 5 rings (SSSR count). The van der Waals surface area contributed by atoms with Crippen LogP contribution in [0.3, 0.4) is 0 Å². The highest BCUT2D eigenvalue weighted by atomic mass is 32.2. The largest absolute Gasteiger partial charge is 0.480 e. The molecule has 1 unspecified atom stereocenters. The molecule has 3 heterocycles. The summed E-state index contributed by atoms with van der Waals surface area (Å²) in [6.07, 6.45) is 8.58. The Labute approximate surface area is 204 Å². The zero-order valence-electron chi connectivity index (χ0n) is 18.9. The molecule has 1 atom stereocenters. The molecule has 12 heteroatoms. The van der Waals surface area contributed by atoms with Crippen molar-refractivity contribution >= 4 is 38.5 Å². The van der Waals surface area contributed by atoms with Gasteiger partial charge in [-0.1, -0.05) is 6.07 Å². The Balaban J connectivity index is 1.48. The lowest BCUT2D eigenvalue weighted by molar-refractivity contribution is -0.136. The van der Waals surface area contributed by atoms with Crippen molar-refractivity contribution in [1.29, 1.82) is 0 Å². The number of carbonyl (C=O) groups excluding carboxylic acids is 1. The zero-order chi connectivity index (χ0) is 25.6. The lowest BCUT2D eigenvalue weighted by atomic mass is 10.0. The smallest absolute Gasteiger partial charge is 0.323 e. The van der Waals surface area contributed by atoms with Crippen LogP contribution in [0.5, 0.6) is 0 Å². The van der Waals surface area contributed by atoms with E-state index < -0.39 is 38.5 Å². The number of hydrogen-bond acceptors (Lipinski definition) is 7. The van der Waals surface area contributed by atoms with E-state index >= 15 is 4.39 Å². The number of pyridine rings is 1.